The van der Waals surface area contributed by atoms with E-state index < -0.39 is 16.9 Å². The van der Waals surface area contributed by atoms with Crippen molar-refractivity contribution in [2.24, 2.45) is 0 Å². The first-order valence-corrected chi connectivity index (χ1v) is 14.4. The van der Waals surface area contributed by atoms with E-state index in [4.69, 9.17) is 5.10 Å². The minimum atomic E-state index is -0.695. The summed E-state index contributed by atoms with van der Waals surface area (Å²) in [4.78, 5) is 30.5. The first kappa shape index (κ1) is 26.3. The summed E-state index contributed by atoms with van der Waals surface area (Å²) < 4.78 is 31.0. The molecule has 0 spiro atoms. The third-order valence-corrected chi connectivity index (χ3v) is 8.62. The molecule has 204 valence electrons. The monoisotopic (exact) mass is 558 g/mol. The summed E-state index contributed by atoms with van der Waals surface area (Å²) in [6.45, 7) is 3.16. The lowest BCUT2D eigenvalue weighted by Gasteiger charge is -2.25. The van der Waals surface area contributed by atoms with Crippen LogP contribution in [0.25, 0.3) is 16.9 Å². The van der Waals surface area contributed by atoms with Crippen LogP contribution >= 0.6 is 11.8 Å². The number of rotatable bonds is 5. The Bertz CT molecular complexity index is 1580. The number of aryl methyl sites for hydroxylation is 1. The molecule has 0 aliphatic carbocycles. The first-order valence-electron chi connectivity index (χ1n) is 13.3. The Labute approximate surface area is 235 Å². The average Bonchev–Trinajstić information content (AvgIpc) is 3.60. The molecule has 0 bridgehead atoms. The van der Waals surface area contributed by atoms with Gasteiger partial charge in [-0.25, -0.2) is 13.5 Å². The molecule has 40 heavy (non-hydrogen) atoms. The molecule has 6 nitrogen and oxygen atoms in total. The lowest BCUT2D eigenvalue weighted by Crippen LogP contribution is -2.43. The van der Waals surface area contributed by atoms with Crippen LogP contribution < -0.4 is 4.90 Å². The molecule has 2 amide bonds. The number of hydrogen-bond donors (Lipinski definition) is 0. The van der Waals surface area contributed by atoms with Gasteiger partial charge in [0.25, 0.3) is 0 Å². The Morgan fingerprint density at radius 1 is 1.00 bits per heavy atom. The highest BCUT2D eigenvalue weighted by Gasteiger charge is 2.39. The zero-order valence-electron chi connectivity index (χ0n) is 22.0. The van der Waals surface area contributed by atoms with Gasteiger partial charge in [0.2, 0.25) is 11.8 Å². The quantitative estimate of drug-likeness (QED) is 0.305. The van der Waals surface area contributed by atoms with Gasteiger partial charge in [-0.1, -0.05) is 48.5 Å². The van der Waals surface area contributed by atoms with Gasteiger partial charge in [0.1, 0.15) is 24.0 Å². The molecule has 0 N–H and O–H groups in total. The zero-order chi connectivity index (χ0) is 27.8. The fourth-order valence-electron chi connectivity index (χ4n) is 5.43. The summed E-state index contributed by atoms with van der Waals surface area (Å²) in [5.74, 6) is -1.32. The number of likely N-dealkylation sites (tertiary alicyclic amines) is 1. The summed E-state index contributed by atoms with van der Waals surface area (Å²) >= 11 is 1.26. The molecule has 9 heteroatoms. The number of aromatic nitrogens is 2. The van der Waals surface area contributed by atoms with Crippen molar-refractivity contribution in [3.8, 4) is 16.9 Å². The second-order valence-electron chi connectivity index (χ2n) is 10.1. The van der Waals surface area contributed by atoms with Gasteiger partial charge >= 0.3 is 0 Å². The van der Waals surface area contributed by atoms with Crippen LogP contribution in [0, 0.1) is 18.6 Å². The van der Waals surface area contributed by atoms with E-state index >= 15 is 4.39 Å². The number of hydrogen-bond acceptors (Lipinski definition) is 4. The van der Waals surface area contributed by atoms with Gasteiger partial charge in [0.05, 0.1) is 22.4 Å². The molecule has 1 saturated heterocycles. The molecule has 4 aromatic rings. The minimum absolute atomic E-state index is 0.0193. The average molecular weight is 559 g/mol. The van der Waals surface area contributed by atoms with Gasteiger partial charge in [-0.15, -0.1) is 11.8 Å². The van der Waals surface area contributed by atoms with Crippen LogP contribution in [0.5, 0.6) is 0 Å². The van der Waals surface area contributed by atoms with Crippen molar-refractivity contribution in [1.29, 1.82) is 0 Å². The third kappa shape index (κ3) is 4.90. The molecular weight excluding hydrogens is 530 g/mol. The standard InChI is InChI=1S/C31H28F2N4O2S/c1-20-8-7-11-23(16-20)37-31-28(29(34-37)21-9-3-2-4-10-21)30(24-13-12-22(32)17-25(24)33)40-19-27(39)36(31)18-26(38)35-14-5-6-15-35/h2-4,7-13,16-17,30H,5-6,14-15,18-19H2,1H3/t30-/m1/s1. The van der Waals surface area contributed by atoms with Crippen molar-refractivity contribution < 1.29 is 18.4 Å². The maximum Gasteiger partial charge on any atom is 0.242 e. The Morgan fingerprint density at radius 2 is 1.77 bits per heavy atom. The van der Waals surface area contributed by atoms with Gasteiger partial charge in [0, 0.05) is 35.8 Å². The Hall–Kier alpha value is -3.98. The minimum Gasteiger partial charge on any atom is -0.341 e. The predicted molar refractivity (Wildman–Crippen MR) is 153 cm³/mol. The number of carbonyl (C=O) groups excluding carboxylic acids is 2. The van der Waals surface area contributed by atoms with Crippen molar-refractivity contribution in [3.63, 3.8) is 0 Å². The number of benzene rings is 3. The molecule has 1 aromatic heterocycles. The summed E-state index contributed by atoms with van der Waals surface area (Å²) in [5.41, 5.74) is 3.95. The highest BCUT2D eigenvalue weighted by molar-refractivity contribution is 8.00. The van der Waals surface area contributed by atoms with Crippen LogP contribution in [0.2, 0.25) is 0 Å². The van der Waals surface area contributed by atoms with E-state index in [2.05, 4.69) is 0 Å². The van der Waals surface area contributed by atoms with E-state index in [0.717, 1.165) is 35.7 Å². The number of halogens is 2. The van der Waals surface area contributed by atoms with Gasteiger partial charge in [-0.05, 0) is 43.5 Å². The maximum atomic E-state index is 15.3. The van der Waals surface area contributed by atoms with Crippen molar-refractivity contribution in [2.45, 2.75) is 25.0 Å². The number of anilines is 1. The lowest BCUT2D eigenvalue weighted by molar-refractivity contribution is -0.130. The van der Waals surface area contributed by atoms with E-state index in [1.807, 2.05) is 61.5 Å². The summed E-state index contributed by atoms with van der Waals surface area (Å²) in [7, 11) is 0. The number of thioether (sulfide) groups is 1. The van der Waals surface area contributed by atoms with Crippen LogP contribution in [-0.2, 0) is 9.59 Å². The van der Waals surface area contributed by atoms with Crippen LogP contribution in [0.15, 0.2) is 72.8 Å². The summed E-state index contributed by atoms with van der Waals surface area (Å²) in [5, 5.41) is 4.35. The fourth-order valence-corrected chi connectivity index (χ4v) is 6.65. The zero-order valence-corrected chi connectivity index (χ0v) is 22.8. The van der Waals surface area contributed by atoms with E-state index in [-0.39, 0.29) is 29.7 Å². The number of carbonyl (C=O) groups is 2. The molecule has 2 aliphatic rings. The van der Waals surface area contributed by atoms with Crippen molar-refractivity contribution >= 4 is 29.4 Å². The molecule has 3 heterocycles. The van der Waals surface area contributed by atoms with E-state index in [1.54, 1.807) is 9.58 Å². The second kappa shape index (κ2) is 10.9. The van der Waals surface area contributed by atoms with Crippen LogP contribution in [0.3, 0.4) is 0 Å². The first-order chi connectivity index (χ1) is 19.4. The smallest absolute Gasteiger partial charge is 0.242 e. The lowest BCUT2D eigenvalue weighted by atomic mass is 9.99. The second-order valence-corrected chi connectivity index (χ2v) is 11.2. The highest BCUT2D eigenvalue weighted by atomic mass is 32.2. The van der Waals surface area contributed by atoms with Gasteiger partial charge in [-0.2, -0.15) is 5.10 Å². The molecule has 6 rings (SSSR count). The van der Waals surface area contributed by atoms with Crippen LogP contribution in [0.4, 0.5) is 14.6 Å². The topological polar surface area (TPSA) is 58.4 Å². The van der Waals surface area contributed by atoms with Crippen molar-refractivity contribution in [3.05, 3.63) is 101 Å². The molecule has 3 aromatic carbocycles. The van der Waals surface area contributed by atoms with Gasteiger partial charge in [0.15, 0.2) is 0 Å². The number of amides is 2. The molecule has 1 fully saturated rings. The summed E-state index contributed by atoms with van der Waals surface area (Å²) in [6, 6.07) is 20.8. The van der Waals surface area contributed by atoms with Gasteiger partial charge < -0.3 is 4.90 Å². The Balaban J connectivity index is 1.62. The van der Waals surface area contributed by atoms with Crippen LogP contribution in [0.1, 0.15) is 34.8 Å². The Morgan fingerprint density at radius 3 is 2.50 bits per heavy atom. The Kier molecular flexibility index (Phi) is 7.14. The van der Waals surface area contributed by atoms with Gasteiger partial charge in [-0.3, -0.25) is 14.5 Å². The molecule has 0 unspecified atom stereocenters. The molecule has 1 atom stereocenters. The highest BCUT2D eigenvalue weighted by Crippen LogP contribution is 2.49. The third-order valence-electron chi connectivity index (χ3n) is 7.38. The molecular formula is C31H28F2N4O2S. The SMILES string of the molecule is Cc1cccc(-n2nc(-c3ccccc3)c3c2N(CC(=O)N2CCCC2)C(=O)CS[C@@H]3c2ccc(F)cc2F)c1. The van der Waals surface area contributed by atoms with Crippen molar-refractivity contribution in [2.75, 3.05) is 30.3 Å². The predicted octanol–water partition coefficient (Wildman–Crippen LogP) is 5.92. The number of fused-ring (bicyclic) bond motifs is 1. The van der Waals surface area contributed by atoms with E-state index in [1.165, 1.54) is 28.8 Å². The number of nitrogens with zero attached hydrogens (tertiary/aromatic N) is 4. The van der Waals surface area contributed by atoms with E-state index in [9.17, 15) is 14.0 Å². The molecule has 0 saturated carbocycles. The maximum absolute atomic E-state index is 15.3. The molecule has 2 aliphatic heterocycles. The van der Waals surface area contributed by atoms with Crippen LogP contribution in [-0.4, -0.2) is 51.9 Å². The van der Waals surface area contributed by atoms with E-state index in [0.29, 0.717) is 30.2 Å². The molecule has 0 radical (unpaired) electrons. The van der Waals surface area contributed by atoms with Crippen molar-refractivity contribution in [1.82, 2.24) is 14.7 Å². The largest absolute Gasteiger partial charge is 0.341 e. The fraction of sp³-hybridized carbons (Fsp3) is 0.258. The normalized spacial score (nSPS) is 17.2. The summed E-state index contributed by atoms with van der Waals surface area (Å²) in [6.07, 6.45) is 1.87.